The molecule has 0 spiro atoms. The maximum atomic E-state index is 10.5. The topological polar surface area (TPSA) is 32.3 Å². The second kappa shape index (κ2) is 2.73. The van der Waals surface area contributed by atoms with Crippen molar-refractivity contribution in [2.24, 2.45) is 11.8 Å². The maximum absolute atomic E-state index is 10.5. The van der Waals surface area contributed by atoms with Crippen LogP contribution in [-0.2, 0) is 0 Å². The second-order valence-electron chi connectivity index (χ2n) is 5.96. The minimum absolute atomic E-state index is 0.281. The molecular formula is C12H21NO. The van der Waals surface area contributed by atoms with E-state index in [9.17, 15) is 5.11 Å². The zero-order chi connectivity index (χ0) is 9.81. The molecule has 4 atom stereocenters. The molecule has 3 aliphatic carbocycles. The van der Waals surface area contributed by atoms with E-state index in [0.717, 1.165) is 31.1 Å². The summed E-state index contributed by atoms with van der Waals surface area (Å²) in [6, 6.07) is 0. The number of fused-ring (bicyclic) bond motifs is 2. The Labute approximate surface area is 86.1 Å². The maximum Gasteiger partial charge on any atom is 0.0670 e. The summed E-state index contributed by atoms with van der Waals surface area (Å²) in [5.74, 6) is 1.64. The third-order valence-corrected chi connectivity index (χ3v) is 5.03. The minimum Gasteiger partial charge on any atom is -0.390 e. The predicted octanol–water partition coefficient (Wildman–Crippen LogP) is 1.68. The average Bonchev–Trinajstić information content (AvgIpc) is 2.27. The Morgan fingerprint density at radius 2 is 2.00 bits per heavy atom. The Morgan fingerprint density at radius 1 is 1.21 bits per heavy atom. The molecule has 2 N–H and O–H groups in total. The molecule has 14 heavy (non-hydrogen) atoms. The van der Waals surface area contributed by atoms with Crippen LogP contribution in [0.5, 0.6) is 0 Å². The SMILES string of the molecule is CNC12CCCC3CC(O)(CC3C1)C2. The van der Waals surface area contributed by atoms with Crippen molar-refractivity contribution in [3.05, 3.63) is 0 Å². The first-order valence-corrected chi connectivity index (χ1v) is 6.06. The van der Waals surface area contributed by atoms with Gasteiger partial charge in [-0.25, -0.2) is 0 Å². The minimum atomic E-state index is -0.309. The van der Waals surface area contributed by atoms with Crippen LogP contribution < -0.4 is 5.32 Å². The Morgan fingerprint density at radius 3 is 2.79 bits per heavy atom. The van der Waals surface area contributed by atoms with Gasteiger partial charge in [0.15, 0.2) is 0 Å². The highest BCUT2D eigenvalue weighted by Gasteiger charge is 2.55. The molecule has 0 saturated heterocycles. The Bertz CT molecular complexity index is 255. The van der Waals surface area contributed by atoms with E-state index in [4.69, 9.17) is 0 Å². The van der Waals surface area contributed by atoms with Gasteiger partial charge in [0.05, 0.1) is 5.60 Å². The number of rotatable bonds is 1. The Hall–Kier alpha value is -0.0800. The summed E-state index contributed by atoms with van der Waals surface area (Å²) >= 11 is 0. The van der Waals surface area contributed by atoms with Gasteiger partial charge in [-0.3, -0.25) is 0 Å². The third kappa shape index (κ3) is 1.17. The molecule has 3 fully saturated rings. The van der Waals surface area contributed by atoms with E-state index in [0.29, 0.717) is 0 Å². The van der Waals surface area contributed by atoms with Crippen LogP contribution in [-0.4, -0.2) is 23.3 Å². The molecule has 0 radical (unpaired) electrons. The standard InChI is InChI=1S/C12H21NO/c1-13-11-4-2-3-9-6-12(14,8-11)7-10(9)5-11/h9-10,13-14H,2-8H2,1H3. The molecule has 0 heterocycles. The summed E-state index contributed by atoms with van der Waals surface area (Å²) in [7, 11) is 2.08. The number of nitrogens with one attached hydrogen (secondary N) is 1. The van der Waals surface area contributed by atoms with Crippen molar-refractivity contribution in [1.82, 2.24) is 5.32 Å². The largest absolute Gasteiger partial charge is 0.390 e. The molecule has 2 nitrogen and oxygen atoms in total. The predicted molar refractivity (Wildman–Crippen MR) is 56.0 cm³/mol. The van der Waals surface area contributed by atoms with Gasteiger partial charge in [0.1, 0.15) is 0 Å². The van der Waals surface area contributed by atoms with Gasteiger partial charge in [0.2, 0.25) is 0 Å². The van der Waals surface area contributed by atoms with Crippen molar-refractivity contribution in [3.63, 3.8) is 0 Å². The molecule has 0 aromatic heterocycles. The number of hydrogen-bond donors (Lipinski definition) is 2. The molecule has 3 saturated carbocycles. The molecular weight excluding hydrogens is 174 g/mol. The summed E-state index contributed by atoms with van der Waals surface area (Å²) in [6.45, 7) is 0. The fourth-order valence-electron chi connectivity index (χ4n) is 4.53. The van der Waals surface area contributed by atoms with Gasteiger partial charge in [-0.2, -0.15) is 0 Å². The molecule has 3 rings (SSSR count). The molecule has 0 amide bonds. The highest BCUT2D eigenvalue weighted by Crippen LogP contribution is 2.56. The normalized spacial score (nSPS) is 56.1. The van der Waals surface area contributed by atoms with Crippen molar-refractivity contribution in [1.29, 1.82) is 0 Å². The lowest BCUT2D eigenvalue weighted by Gasteiger charge is -2.44. The summed E-state index contributed by atoms with van der Waals surface area (Å²) in [6.07, 6.45) is 8.48. The van der Waals surface area contributed by atoms with Crippen LogP contribution in [0.2, 0.25) is 0 Å². The molecule has 3 aliphatic rings. The van der Waals surface area contributed by atoms with E-state index >= 15 is 0 Å². The van der Waals surface area contributed by atoms with E-state index in [-0.39, 0.29) is 11.1 Å². The monoisotopic (exact) mass is 195 g/mol. The summed E-state index contributed by atoms with van der Waals surface area (Å²) in [4.78, 5) is 0. The zero-order valence-corrected chi connectivity index (χ0v) is 9.05. The van der Waals surface area contributed by atoms with E-state index in [1.807, 2.05) is 0 Å². The van der Waals surface area contributed by atoms with Crippen molar-refractivity contribution >= 4 is 0 Å². The van der Waals surface area contributed by atoms with Gasteiger partial charge in [-0.1, -0.05) is 12.8 Å². The van der Waals surface area contributed by atoms with Gasteiger partial charge in [0, 0.05) is 5.54 Å². The zero-order valence-electron chi connectivity index (χ0n) is 9.05. The van der Waals surface area contributed by atoms with Crippen LogP contribution >= 0.6 is 0 Å². The number of aliphatic hydroxyl groups is 1. The first kappa shape index (κ1) is 9.17. The quantitative estimate of drug-likeness (QED) is 0.667. The van der Waals surface area contributed by atoms with Crippen LogP contribution in [0.15, 0.2) is 0 Å². The molecule has 0 aromatic carbocycles. The third-order valence-electron chi connectivity index (χ3n) is 5.03. The molecule has 0 aromatic rings. The van der Waals surface area contributed by atoms with Crippen molar-refractivity contribution in [3.8, 4) is 0 Å². The van der Waals surface area contributed by atoms with Crippen LogP contribution in [0.25, 0.3) is 0 Å². The van der Waals surface area contributed by atoms with Crippen molar-refractivity contribution < 1.29 is 5.11 Å². The fraction of sp³-hybridized carbons (Fsp3) is 1.00. The van der Waals surface area contributed by atoms with Gasteiger partial charge < -0.3 is 10.4 Å². The highest BCUT2D eigenvalue weighted by atomic mass is 16.3. The number of hydrogen-bond acceptors (Lipinski definition) is 2. The average molecular weight is 195 g/mol. The molecule has 80 valence electrons. The summed E-state index contributed by atoms with van der Waals surface area (Å²) < 4.78 is 0. The van der Waals surface area contributed by atoms with Gasteiger partial charge in [0.25, 0.3) is 0 Å². The lowest BCUT2D eigenvalue weighted by Crippen LogP contribution is -2.52. The van der Waals surface area contributed by atoms with E-state index < -0.39 is 0 Å². The van der Waals surface area contributed by atoms with Crippen LogP contribution in [0.1, 0.15) is 44.9 Å². The van der Waals surface area contributed by atoms with Gasteiger partial charge in [-0.05, 0) is 51.0 Å². The first-order chi connectivity index (χ1) is 6.65. The van der Waals surface area contributed by atoms with E-state index in [1.54, 1.807) is 0 Å². The fourth-order valence-corrected chi connectivity index (χ4v) is 4.53. The summed E-state index contributed by atoms with van der Waals surface area (Å²) in [5, 5.41) is 14.0. The summed E-state index contributed by atoms with van der Waals surface area (Å²) in [5.41, 5.74) is -0.0278. The first-order valence-electron chi connectivity index (χ1n) is 6.06. The molecule has 2 heteroatoms. The smallest absolute Gasteiger partial charge is 0.0670 e. The van der Waals surface area contributed by atoms with Crippen LogP contribution in [0.3, 0.4) is 0 Å². The highest BCUT2D eigenvalue weighted by molar-refractivity contribution is 5.10. The molecule has 4 unspecified atom stereocenters. The van der Waals surface area contributed by atoms with E-state index in [2.05, 4.69) is 12.4 Å². The lowest BCUT2D eigenvalue weighted by atomic mass is 9.71. The molecule has 0 aliphatic heterocycles. The Balaban J connectivity index is 1.97. The van der Waals surface area contributed by atoms with Gasteiger partial charge >= 0.3 is 0 Å². The Kier molecular flexibility index (Phi) is 1.79. The van der Waals surface area contributed by atoms with Crippen molar-refractivity contribution in [2.45, 2.75) is 56.1 Å². The molecule has 3 bridgehead atoms. The van der Waals surface area contributed by atoms with Gasteiger partial charge in [-0.15, -0.1) is 0 Å². The lowest BCUT2D eigenvalue weighted by molar-refractivity contribution is -0.0216. The van der Waals surface area contributed by atoms with Crippen molar-refractivity contribution in [2.75, 3.05) is 7.05 Å². The van der Waals surface area contributed by atoms with Crippen LogP contribution in [0, 0.1) is 11.8 Å². The van der Waals surface area contributed by atoms with E-state index in [1.165, 1.54) is 25.7 Å². The second-order valence-corrected chi connectivity index (χ2v) is 5.96. The van der Waals surface area contributed by atoms with Crippen LogP contribution in [0.4, 0.5) is 0 Å².